The molecule has 0 spiro atoms. The van der Waals surface area contributed by atoms with Crippen molar-refractivity contribution in [3.63, 3.8) is 0 Å². The molecule has 0 atom stereocenters. The number of hydrogen-bond donors (Lipinski definition) is 1. The Morgan fingerprint density at radius 2 is 2.00 bits per heavy atom. The number of benzene rings is 1. The minimum Gasteiger partial charge on any atom is -0.444 e. The van der Waals surface area contributed by atoms with E-state index >= 15 is 0 Å². The fraction of sp³-hybridized carbons (Fsp3) is 0.375. The van der Waals surface area contributed by atoms with Crippen molar-refractivity contribution in [2.24, 2.45) is 0 Å². The molecule has 0 radical (unpaired) electrons. The molecule has 1 N–H and O–H groups in total. The van der Waals surface area contributed by atoms with Gasteiger partial charge in [0.15, 0.2) is 5.78 Å². The maximum Gasteiger partial charge on any atom is 0.412 e. The summed E-state index contributed by atoms with van der Waals surface area (Å²) < 4.78 is 5.21. The quantitative estimate of drug-likeness (QED) is 0.668. The van der Waals surface area contributed by atoms with Gasteiger partial charge in [0, 0.05) is 11.3 Å². The minimum absolute atomic E-state index is 0.136. The van der Waals surface area contributed by atoms with Crippen LogP contribution in [0.4, 0.5) is 10.5 Å². The van der Waals surface area contributed by atoms with E-state index in [1.807, 2.05) is 6.92 Å². The highest BCUT2D eigenvalue weighted by Crippen LogP contribution is 2.20. The first kappa shape index (κ1) is 16.0. The zero-order valence-corrected chi connectivity index (χ0v) is 12.4. The maximum atomic E-state index is 11.8. The van der Waals surface area contributed by atoms with Gasteiger partial charge < -0.3 is 4.74 Å². The molecule has 0 aliphatic heterocycles. The van der Waals surface area contributed by atoms with E-state index in [9.17, 15) is 9.59 Å². The van der Waals surface area contributed by atoms with E-state index in [1.54, 1.807) is 39.0 Å². The van der Waals surface area contributed by atoms with Crippen LogP contribution in [-0.2, 0) is 11.2 Å². The van der Waals surface area contributed by atoms with E-state index in [1.165, 1.54) is 6.08 Å². The first-order valence-electron chi connectivity index (χ1n) is 6.56. The van der Waals surface area contributed by atoms with Gasteiger partial charge in [-0.3, -0.25) is 10.1 Å². The van der Waals surface area contributed by atoms with E-state index in [0.29, 0.717) is 17.7 Å². The predicted octanol–water partition coefficient (Wildman–Crippen LogP) is 3.96. The number of carbonyl (C=O) groups is 2. The molecule has 20 heavy (non-hydrogen) atoms. The molecule has 0 aromatic heterocycles. The Bertz CT molecular complexity index is 527. The third-order valence-corrected chi connectivity index (χ3v) is 2.59. The molecule has 0 aliphatic carbocycles. The second-order valence-electron chi connectivity index (χ2n) is 5.42. The van der Waals surface area contributed by atoms with Crippen LogP contribution in [0.2, 0.25) is 0 Å². The van der Waals surface area contributed by atoms with Crippen LogP contribution in [-0.4, -0.2) is 17.5 Å². The van der Waals surface area contributed by atoms with Gasteiger partial charge in [-0.05, 0) is 57.0 Å². The third kappa shape index (κ3) is 4.53. The Kier molecular flexibility index (Phi) is 5.08. The minimum atomic E-state index is -0.546. The second kappa shape index (κ2) is 6.37. The standard InChI is InChI=1S/C16H21NO3/c1-6-11-10-12(14(18)7-2)8-9-13(11)17-15(19)20-16(3,4)5/h7-10H,2,6H2,1,3-5H3,(H,17,19). The van der Waals surface area contributed by atoms with Crippen molar-refractivity contribution >= 4 is 17.6 Å². The van der Waals surface area contributed by atoms with Gasteiger partial charge in [0.1, 0.15) is 5.60 Å². The highest BCUT2D eigenvalue weighted by molar-refractivity contribution is 6.04. The van der Waals surface area contributed by atoms with Crippen LogP contribution in [0, 0.1) is 0 Å². The van der Waals surface area contributed by atoms with Gasteiger partial charge in [-0.25, -0.2) is 4.79 Å². The molecule has 1 aromatic carbocycles. The monoisotopic (exact) mass is 275 g/mol. The molecule has 0 saturated carbocycles. The normalized spacial score (nSPS) is 10.8. The first-order chi connectivity index (χ1) is 9.26. The van der Waals surface area contributed by atoms with Crippen LogP contribution in [0.15, 0.2) is 30.9 Å². The molecule has 0 saturated heterocycles. The molecular weight excluding hydrogens is 254 g/mol. The number of amides is 1. The molecule has 0 heterocycles. The largest absolute Gasteiger partial charge is 0.444 e. The van der Waals surface area contributed by atoms with Crippen molar-refractivity contribution < 1.29 is 14.3 Å². The van der Waals surface area contributed by atoms with Crippen LogP contribution in [0.1, 0.15) is 43.6 Å². The Hall–Kier alpha value is -2.10. The Balaban J connectivity index is 2.93. The summed E-state index contributed by atoms with van der Waals surface area (Å²) in [7, 11) is 0. The number of aryl methyl sites for hydroxylation is 1. The average Bonchev–Trinajstić information content (AvgIpc) is 2.36. The lowest BCUT2D eigenvalue weighted by Crippen LogP contribution is -2.27. The number of hydrogen-bond acceptors (Lipinski definition) is 3. The number of nitrogens with one attached hydrogen (secondary N) is 1. The summed E-state index contributed by atoms with van der Waals surface area (Å²) in [5.74, 6) is -0.136. The summed E-state index contributed by atoms with van der Waals surface area (Å²) in [5, 5.41) is 2.70. The van der Waals surface area contributed by atoms with E-state index in [-0.39, 0.29) is 5.78 Å². The van der Waals surface area contributed by atoms with Gasteiger partial charge in [0.2, 0.25) is 0 Å². The summed E-state index contributed by atoms with van der Waals surface area (Å²) in [4.78, 5) is 23.3. The molecule has 4 nitrogen and oxygen atoms in total. The summed E-state index contributed by atoms with van der Waals surface area (Å²) in [5.41, 5.74) is 1.55. The van der Waals surface area contributed by atoms with Gasteiger partial charge in [-0.2, -0.15) is 0 Å². The first-order valence-corrected chi connectivity index (χ1v) is 6.56. The summed E-state index contributed by atoms with van der Waals surface area (Å²) in [6, 6.07) is 5.13. The van der Waals surface area contributed by atoms with E-state index in [4.69, 9.17) is 4.74 Å². The number of ketones is 1. The Morgan fingerprint density at radius 1 is 1.35 bits per heavy atom. The molecule has 1 rings (SSSR count). The van der Waals surface area contributed by atoms with Gasteiger partial charge in [0.05, 0.1) is 0 Å². The van der Waals surface area contributed by atoms with Crippen molar-refractivity contribution in [2.45, 2.75) is 39.7 Å². The molecule has 108 valence electrons. The van der Waals surface area contributed by atoms with Crippen LogP contribution >= 0.6 is 0 Å². The van der Waals surface area contributed by atoms with Crippen LogP contribution in [0.3, 0.4) is 0 Å². The van der Waals surface area contributed by atoms with Crippen molar-refractivity contribution in [2.75, 3.05) is 5.32 Å². The third-order valence-electron chi connectivity index (χ3n) is 2.59. The maximum absolute atomic E-state index is 11.8. The number of anilines is 1. The second-order valence-corrected chi connectivity index (χ2v) is 5.42. The number of carbonyl (C=O) groups excluding carboxylic acids is 2. The lowest BCUT2D eigenvalue weighted by molar-refractivity contribution is 0.0635. The van der Waals surface area contributed by atoms with Gasteiger partial charge in [-0.15, -0.1) is 0 Å². The molecule has 4 heteroatoms. The van der Waals surface area contributed by atoms with Crippen molar-refractivity contribution in [1.82, 2.24) is 0 Å². The summed E-state index contributed by atoms with van der Waals surface area (Å²) >= 11 is 0. The molecule has 1 aromatic rings. The topological polar surface area (TPSA) is 55.4 Å². The molecular formula is C16H21NO3. The Morgan fingerprint density at radius 3 is 2.50 bits per heavy atom. The van der Waals surface area contributed by atoms with Crippen molar-refractivity contribution in [3.05, 3.63) is 42.0 Å². The summed E-state index contributed by atoms with van der Waals surface area (Å²) in [6.45, 7) is 10.8. The average molecular weight is 275 g/mol. The zero-order chi connectivity index (χ0) is 15.3. The number of allylic oxidation sites excluding steroid dienone is 1. The fourth-order valence-electron chi connectivity index (χ4n) is 1.69. The highest BCUT2D eigenvalue weighted by atomic mass is 16.6. The molecule has 0 aliphatic rings. The SMILES string of the molecule is C=CC(=O)c1ccc(NC(=O)OC(C)(C)C)c(CC)c1. The van der Waals surface area contributed by atoms with Crippen LogP contribution in [0.25, 0.3) is 0 Å². The highest BCUT2D eigenvalue weighted by Gasteiger charge is 2.17. The van der Waals surface area contributed by atoms with E-state index < -0.39 is 11.7 Å². The zero-order valence-electron chi connectivity index (χ0n) is 12.4. The molecule has 0 bridgehead atoms. The van der Waals surface area contributed by atoms with Crippen molar-refractivity contribution in [1.29, 1.82) is 0 Å². The van der Waals surface area contributed by atoms with Gasteiger partial charge in [-0.1, -0.05) is 13.5 Å². The van der Waals surface area contributed by atoms with Crippen LogP contribution in [0.5, 0.6) is 0 Å². The van der Waals surface area contributed by atoms with Gasteiger partial charge >= 0.3 is 6.09 Å². The molecule has 0 unspecified atom stereocenters. The lowest BCUT2D eigenvalue weighted by Gasteiger charge is -2.20. The summed E-state index contributed by atoms with van der Waals surface area (Å²) in [6.07, 6.45) is 1.47. The van der Waals surface area contributed by atoms with Crippen molar-refractivity contribution in [3.8, 4) is 0 Å². The molecule has 0 fully saturated rings. The van der Waals surface area contributed by atoms with E-state index in [0.717, 1.165) is 5.56 Å². The van der Waals surface area contributed by atoms with E-state index in [2.05, 4.69) is 11.9 Å². The smallest absolute Gasteiger partial charge is 0.412 e. The fourth-order valence-corrected chi connectivity index (χ4v) is 1.69. The number of rotatable bonds is 4. The van der Waals surface area contributed by atoms with Gasteiger partial charge in [0.25, 0.3) is 0 Å². The predicted molar refractivity (Wildman–Crippen MR) is 80.2 cm³/mol. The number of ether oxygens (including phenoxy) is 1. The Labute approximate surface area is 119 Å². The lowest BCUT2D eigenvalue weighted by atomic mass is 10.0. The molecule has 1 amide bonds. The van der Waals surface area contributed by atoms with Crippen LogP contribution < -0.4 is 5.32 Å².